The molecule has 0 spiro atoms. The minimum absolute atomic E-state index is 0.104. The van der Waals surface area contributed by atoms with Gasteiger partial charge in [0.1, 0.15) is 5.01 Å². The first kappa shape index (κ1) is 14.1. The molecule has 9 heteroatoms. The molecule has 2 rings (SSSR count). The standard InChI is InChI=1S/C11H13N5O3S/c1-2-9-14-15-10(20-9)12-7(17)3-5-16-6-4-8(18)13-11(16)19/h4,6H,2-3,5H2,1H3,(H,12,15,17)(H,13,18,19). The maximum Gasteiger partial charge on any atom is 0.328 e. The van der Waals surface area contributed by atoms with Crippen LogP contribution in [0.4, 0.5) is 5.13 Å². The molecule has 0 saturated carbocycles. The first-order valence-electron chi connectivity index (χ1n) is 6.00. The average molecular weight is 295 g/mol. The van der Waals surface area contributed by atoms with Gasteiger partial charge >= 0.3 is 5.69 Å². The van der Waals surface area contributed by atoms with E-state index in [9.17, 15) is 14.4 Å². The molecule has 106 valence electrons. The Kier molecular flexibility index (Phi) is 4.41. The van der Waals surface area contributed by atoms with Gasteiger partial charge < -0.3 is 9.88 Å². The third-order valence-corrected chi connectivity index (χ3v) is 3.48. The van der Waals surface area contributed by atoms with Crippen molar-refractivity contribution in [2.45, 2.75) is 26.3 Å². The lowest BCUT2D eigenvalue weighted by molar-refractivity contribution is -0.116. The Morgan fingerprint density at radius 3 is 2.90 bits per heavy atom. The number of hydrogen-bond donors (Lipinski definition) is 2. The fourth-order valence-corrected chi connectivity index (χ4v) is 2.17. The summed E-state index contributed by atoms with van der Waals surface area (Å²) in [5.74, 6) is -0.262. The summed E-state index contributed by atoms with van der Waals surface area (Å²) in [6, 6.07) is 1.23. The van der Waals surface area contributed by atoms with E-state index in [0.717, 1.165) is 11.4 Å². The van der Waals surface area contributed by atoms with Gasteiger partial charge in [-0.25, -0.2) is 4.79 Å². The summed E-state index contributed by atoms with van der Waals surface area (Å²) in [7, 11) is 0. The minimum atomic E-state index is -0.533. The number of H-pyrrole nitrogens is 1. The lowest BCUT2D eigenvalue weighted by Crippen LogP contribution is -2.29. The van der Waals surface area contributed by atoms with Crippen LogP contribution in [0.25, 0.3) is 0 Å². The Labute approximate surface area is 117 Å². The molecule has 0 radical (unpaired) electrons. The summed E-state index contributed by atoms with van der Waals surface area (Å²) in [6.45, 7) is 2.13. The predicted molar refractivity (Wildman–Crippen MR) is 73.9 cm³/mol. The molecule has 0 bridgehead atoms. The number of hydrogen-bond acceptors (Lipinski definition) is 6. The smallest absolute Gasteiger partial charge is 0.300 e. The van der Waals surface area contributed by atoms with Crippen LogP contribution < -0.4 is 16.6 Å². The number of aromatic amines is 1. The lowest BCUT2D eigenvalue weighted by atomic mass is 10.4. The molecule has 0 aliphatic carbocycles. The van der Waals surface area contributed by atoms with E-state index in [4.69, 9.17) is 0 Å². The van der Waals surface area contributed by atoms with Gasteiger partial charge in [-0.2, -0.15) is 0 Å². The second kappa shape index (κ2) is 6.24. The maximum absolute atomic E-state index is 11.7. The van der Waals surface area contributed by atoms with Crippen LogP contribution in [0.15, 0.2) is 21.9 Å². The van der Waals surface area contributed by atoms with Crippen molar-refractivity contribution < 1.29 is 4.79 Å². The van der Waals surface area contributed by atoms with E-state index in [1.807, 2.05) is 6.92 Å². The fraction of sp³-hybridized carbons (Fsp3) is 0.364. The molecule has 2 aromatic heterocycles. The van der Waals surface area contributed by atoms with Crippen LogP contribution in [0.2, 0.25) is 0 Å². The summed E-state index contributed by atoms with van der Waals surface area (Å²) in [4.78, 5) is 36.1. The van der Waals surface area contributed by atoms with Gasteiger partial charge in [0.05, 0.1) is 0 Å². The molecule has 1 amide bonds. The summed E-state index contributed by atoms with van der Waals surface area (Å²) >= 11 is 1.32. The summed E-state index contributed by atoms with van der Waals surface area (Å²) in [5.41, 5.74) is -0.994. The molecular formula is C11H13N5O3S. The normalized spacial score (nSPS) is 10.4. The number of carbonyl (C=O) groups excluding carboxylic acids is 1. The zero-order valence-electron chi connectivity index (χ0n) is 10.8. The van der Waals surface area contributed by atoms with E-state index in [1.165, 1.54) is 28.2 Å². The first-order valence-corrected chi connectivity index (χ1v) is 6.82. The van der Waals surface area contributed by atoms with Crippen molar-refractivity contribution in [2.24, 2.45) is 0 Å². The molecule has 2 N–H and O–H groups in total. The molecule has 0 aromatic carbocycles. The summed E-state index contributed by atoms with van der Waals surface area (Å²) < 4.78 is 1.26. The Bertz CT molecular complexity index is 717. The van der Waals surface area contributed by atoms with E-state index >= 15 is 0 Å². The number of nitrogens with zero attached hydrogens (tertiary/aromatic N) is 3. The summed E-state index contributed by atoms with van der Waals surface area (Å²) in [5, 5.41) is 11.6. The number of nitrogens with one attached hydrogen (secondary N) is 2. The number of rotatable bonds is 5. The van der Waals surface area contributed by atoms with Crippen molar-refractivity contribution in [3.8, 4) is 0 Å². The van der Waals surface area contributed by atoms with Crippen molar-refractivity contribution in [1.82, 2.24) is 19.7 Å². The van der Waals surface area contributed by atoms with Gasteiger partial charge in [-0.05, 0) is 6.42 Å². The Morgan fingerprint density at radius 1 is 1.45 bits per heavy atom. The summed E-state index contributed by atoms with van der Waals surface area (Å²) in [6.07, 6.45) is 2.22. The van der Waals surface area contributed by atoms with Crippen molar-refractivity contribution in [3.63, 3.8) is 0 Å². The van der Waals surface area contributed by atoms with E-state index in [-0.39, 0.29) is 18.9 Å². The second-order valence-electron chi connectivity index (χ2n) is 3.96. The third-order valence-electron chi connectivity index (χ3n) is 2.49. The van der Waals surface area contributed by atoms with E-state index in [0.29, 0.717) is 5.13 Å². The second-order valence-corrected chi connectivity index (χ2v) is 5.02. The van der Waals surface area contributed by atoms with Crippen molar-refractivity contribution in [3.05, 3.63) is 38.1 Å². The number of amides is 1. The largest absolute Gasteiger partial charge is 0.328 e. The lowest BCUT2D eigenvalue weighted by Gasteiger charge is -2.03. The Balaban J connectivity index is 1.92. The monoisotopic (exact) mass is 295 g/mol. The quantitative estimate of drug-likeness (QED) is 0.805. The van der Waals surface area contributed by atoms with E-state index in [2.05, 4.69) is 20.5 Å². The first-order chi connectivity index (χ1) is 9.58. The van der Waals surface area contributed by atoms with Crippen LogP contribution in [-0.4, -0.2) is 25.7 Å². The molecule has 0 fully saturated rings. The predicted octanol–water partition coefficient (Wildman–Crippen LogP) is -0.0207. The number of anilines is 1. The van der Waals surface area contributed by atoms with Gasteiger partial charge in [0.2, 0.25) is 11.0 Å². The van der Waals surface area contributed by atoms with Crippen LogP contribution in [-0.2, 0) is 17.8 Å². The van der Waals surface area contributed by atoms with Gasteiger partial charge in [-0.15, -0.1) is 10.2 Å². The number of carbonyl (C=O) groups is 1. The Morgan fingerprint density at radius 2 is 2.25 bits per heavy atom. The topological polar surface area (TPSA) is 110 Å². The molecule has 8 nitrogen and oxygen atoms in total. The average Bonchev–Trinajstić information content (AvgIpc) is 2.85. The van der Waals surface area contributed by atoms with E-state index in [1.54, 1.807) is 0 Å². The highest BCUT2D eigenvalue weighted by Gasteiger charge is 2.08. The third kappa shape index (κ3) is 3.60. The van der Waals surface area contributed by atoms with Crippen LogP contribution in [0.1, 0.15) is 18.4 Å². The van der Waals surface area contributed by atoms with Crippen LogP contribution in [0.3, 0.4) is 0 Å². The van der Waals surface area contributed by atoms with Gasteiger partial charge in [0.15, 0.2) is 0 Å². The van der Waals surface area contributed by atoms with Gasteiger partial charge in [0.25, 0.3) is 5.56 Å². The van der Waals surface area contributed by atoms with Crippen LogP contribution in [0, 0.1) is 0 Å². The molecule has 2 heterocycles. The zero-order valence-corrected chi connectivity index (χ0v) is 11.6. The fourth-order valence-electron chi connectivity index (χ4n) is 1.47. The molecular weight excluding hydrogens is 282 g/mol. The molecule has 0 aliphatic heterocycles. The molecule has 0 aliphatic rings. The van der Waals surface area contributed by atoms with Crippen LogP contribution >= 0.6 is 11.3 Å². The minimum Gasteiger partial charge on any atom is -0.300 e. The Hall–Kier alpha value is -2.29. The van der Waals surface area contributed by atoms with Gasteiger partial charge in [-0.3, -0.25) is 14.6 Å². The van der Waals surface area contributed by atoms with Gasteiger partial charge in [-0.1, -0.05) is 18.3 Å². The molecule has 2 aromatic rings. The molecule has 0 unspecified atom stereocenters. The molecule has 0 atom stereocenters. The molecule has 20 heavy (non-hydrogen) atoms. The van der Waals surface area contributed by atoms with E-state index < -0.39 is 11.2 Å². The number of aromatic nitrogens is 4. The highest BCUT2D eigenvalue weighted by molar-refractivity contribution is 7.15. The van der Waals surface area contributed by atoms with Gasteiger partial charge in [0, 0.05) is 25.2 Å². The highest BCUT2D eigenvalue weighted by Crippen LogP contribution is 2.15. The SMILES string of the molecule is CCc1nnc(NC(=O)CCn2ccc(=O)[nH]c2=O)s1. The van der Waals surface area contributed by atoms with Crippen molar-refractivity contribution in [2.75, 3.05) is 5.32 Å². The van der Waals surface area contributed by atoms with Crippen LogP contribution in [0.5, 0.6) is 0 Å². The maximum atomic E-state index is 11.7. The highest BCUT2D eigenvalue weighted by atomic mass is 32.1. The van der Waals surface area contributed by atoms with Crippen molar-refractivity contribution in [1.29, 1.82) is 0 Å². The number of aryl methyl sites for hydroxylation is 2. The zero-order chi connectivity index (χ0) is 14.5. The van der Waals surface area contributed by atoms with Crippen molar-refractivity contribution >= 4 is 22.4 Å². The molecule has 0 saturated heterocycles.